The molecule has 2 aliphatic rings. The second-order valence-corrected chi connectivity index (χ2v) is 7.00. The van der Waals surface area contributed by atoms with Crippen molar-refractivity contribution in [2.24, 2.45) is 17.8 Å². The highest BCUT2D eigenvalue weighted by molar-refractivity contribution is 5.71. The third-order valence-corrected chi connectivity index (χ3v) is 5.05. The van der Waals surface area contributed by atoms with Crippen LogP contribution in [0.4, 0.5) is 13.2 Å². The Morgan fingerprint density at radius 3 is 2.67 bits per heavy atom. The van der Waals surface area contributed by atoms with Crippen LogP contribution in [0.3, 0.4) is 0 Å². The van der Waals surface area contributed by atoms with E-state index >= 15 is 0 Å². The first kappa shape index (κ1) is 19.0. The van der Waals surface area contributed by atoms with E-state index in [-0.39, 0.29) is 17.8 Å². The largest absolute Gasteiger partial charge is 0.457 e. The third kappa shape index (κ3) is 3.85. The Hall–Kier alpha value is -1.30. The molecule has 134 valence electrons. The van der Waals surface area contributed by atoms with Gasteiger partial charge in [-0.3, -0.25) is 4.79 Å². The second-order valence-electron chi connectivity index (χ2n) is 7.00. The highest BCUT2D eigenvalue weighted by atomic mass is 19.4. The maximum absolute atomic E-state index is 12.3. The Morgan fingerprint density at radius 1 is 1.50 bits per heavy atom. The summed E-state index contributed by atoms with van der Waals surface area (Å²) < 4.78 is 41.8. The summed E-state index contributed by atoms with van der Waals surface area (Å²) in [5.41, 5.74) is 0.189. The molecule has 0 aliphatic heterocycles. The van der Waals surface area contributed by atoms with Gasteiger partial charge in [0.05, 0.1) is 12.0 Å². The third-order valence-electron chi connectivity index (χ3n) is 5.05. The van der Waals surface area contributed by atoms with Gasteiger partial charge < -0.3 is 9.84 Å². The number of hydrogen-bond acceptors (Lipinski definition) is 3. The van der Waals surface area contributed by atoms with Gasteiger partial charge in [0.1, 0.15) is 12.5 Å². The van der Waals surface area contributed by atoms with Crippen molar-refractivity contribution in [2.75, 3.05) is 0 Å². The lowest BCUT2D eigenvalue weighted by atomic mass is 9.58. The highest BCUT2D eigenvalue weighted by Gasteiger charge is 2.52. The van der Waals surface area contributed by atoms with Gasteiger partial charge in [0.2, 0.25) is 0 Å². The molecule has 0 aromatic heterocycles. The molecule has 3 nitrogen and oxygen atoms in total. The van der Waals surface area contributed by atoms with E-state index in [9.17, 15) is 23.1 Å². The lowest BCUT2D eigenvalue weighted by Crippen LogP contribution is -2.55. The van der Waals surface area contributed by atoms with E-state index in [1.807, 2.05) is 13.8 Å². The monoisotopic (exact) mass is 344 g/mol. The summed E-state index contributed by atoms with van der Waals surface area (Å²) in [5, 5.41) is 11.1. The van der Waals surface area contributed by atoms with Gasteiger partial charge in [-0.15, -0.1) is 0 Å². The normalized spacial score (nSPS) is 36.5. The minimum absolute atomic E-state index is 0.0699. The Labute approximate surface area is 140 Å². The molecule has 0 saturated heterocycles. The minimum atomic E-state index is -4.62. The Morgan fingerprint density at radius 2 is 2.12 bits per heavy atom. The summed E-state index contributed by atoms with van der Waals surface area (Å²) in [5.74, 6) is -1.68. The zero-order chi connectivity index (χ0) is 18.3. The van der Waals surface area contributed by atoms with Crippen LogP contribution in [0.1, 0.15) is 40.0 Å². The van der Waals surface area contributed by atoms with Crippen LogP contribution < -0.4 is 0 Å². The maximum Gasteiger partial charge on any atom is 0.399 e. The molecule has 0 aromatic carbocycles. The van der Waals surface area contributed by atoms with Crippen LogP contribution in [0.2, 0.25) is 0 Å². The fraction of sp³-hybridized carbons (Fsp3) is 0.667. The molecule has 24 heavy (non-hydrogen) atoms. The molecular formula is C18H23F3O3. The predicted molar refractivity (Wildman–Crippen MR) is 82.7 cm³/mol. The predicted octanol–water partition coefficient (Wildman–Crippen LogP) is 3.86. The maximum atomic E-state index is 12.3. The zero-order valence-electron chi connectivity index (χ0n) is 14.1. The zero-order valence-corrected chi connectivity index (χ0v) is 14.1. The molecule has 6 heteroatoms. The van der Waals surface area contributed by atoms with E-state index in [1.54, 1.807) is 13.0 Å². The summed E-state index contributed by atoms with van der Waals surface area (Å²) in [6.07, 6.45) is -1.03. The summed E-state index contributed by atoms with van der Waals surface area (Å²) in [7, 11) is 0. The molecule has 2 radical (unpaired) electrons. The van der Waals surface area contributed by atoms with Gasteiger partial charge in [-0.25, -0.2) is 0 Å². The van der Waals surface area contributed by atoms with Gasteiger partial charge >= 0.3 is 12.1 Å². The summed E-state index contributed by atoms with van der Waals surface area (Å²) >= 11 is 0. The molecule has 5 atom stereocenters. The molecule has 1 saturated carbocycles. The number of aliphatic hydroxyl groups is 1. The Kier molecular flexibility index (Phi) is 5.19. The number of rotatable bonds is 3. The van der Waals surface area contributed by atoms with Crippen molar-refractivity contribution in [3.8, 4) is 0 Å². The topological polar surface area (TPSA) is 46.5 Å². The van der Waals surface area contributed by atoms with Crippen LogP contribution in [0.15, 0.2) is 23.8 Å². The molecule has 0 aromatic rings. The smallest absolute Gasteiger partial charge is 0.399 e. The van der Waals surface area contributed by atoms with Gasteiger partial charge in [-0.2, -0.15) is 13.2 Å². The lowest BCUT2D eigenvalue weighted by Gasteiger charge is -2.51. The molecule has 2 rings (SSSR count). The van der Waals surface area contributed by atoms with E-state index in [0.717, 1.165) is 18.4 Å². The first-order chi connectivity index (χ1) is 10.9. The van der Waals surface area contributed by atoms with Gasteiger partial charge in [0, 0.05) is 5.92 Å². The van der Waals surface area contributed by atoms with Crippen LogP contribution in [-0.4, -0.2) is 29.0 Å². The average Bonchev–Trinajstić information content (AvgIpc) is 2.40. The van der Waals surface area contributed by atoms with Crippen molar-refractivity contribution in [1.82, 2.24) is 0 Å². The number of fused-ring (bicyclic) bond motifs is 1. The fourth-order valence-electron chi connectivity index (χ4n) is 3.65. The minimum Gasteiger partial charge on any atom is -0.457 e. The van der Waals surface area contributed by atoms with E-state index in [2.05, 4.69) is 13.0 Å². The molecule has 1 N–H and O–H groups in total. The molecule has 2 aliphatic carbocycles. The Balaban J connectivity index is 2.22. The number of carbonyl (C=O) groups excluding carboxylic acids is 1. The number of hydrogen-bond donors (Lipinski definition) is 1. The van der Waals surface area contributed by atoms with Crippen LogP contribution >= 0.6 is 0 Å². The first-order valence-electron chi connectivity index (χ1n) is 8.04. The highest BCUT2D eigenvalue weighted by Crippen LogP contribution is 2.50. The molecule has 0 unspecified atom stereocenters. The number of ether oxygens (including phenoxy) is 1. The van der Waals surface area contributed by atoms with Gasteiger partial charge in [0.15, 0.2) is 0 Å². The first-order valence-corrected chi connectivity index (χ1v) is 8.04. The van der Waals surface area contributed by atoms with Crippen molar-refractivity contribution in [1.29, 1.82) is 0 Å². The fourth-order valence-corrected chi connectivity index (χ4v) is 3.65. The van der Waals surface area contributed by atoms with Crippen molar-refractivity contribution in [3.63, 3.8) is 0 Å². The van der Waals surface area contributed by atoms with Crippen LogP contribution in [0, 0.1) is 24.2 Å². The number of allylic oxidation sites excluding steroid dienone is 1. The summed E-state index contributed by atoms with van der Waals surface area (Å²) in [6.45, 7) is 9.43. The van der Waals surface area contributed by atoms with Crippen molar-refractivity contribution >= 4 is 5.97 Å². The van der Waals surface area contributed by atoms with Crippen LogP contribution in [0.25, 0.3) is 0 Å². The van der Waals surface area contributed by atoms with E-state index in [4.69, 9.17) is 4.74 Å². The molecule has 0 heterocycles. The van der Waals surface area contributed by atoms with Gasteiger partial charge in [0.25, 0.3) is 0 Å². The Bertz CT molecular complexity index is 552. The van der Waals surface area contributed by atoms with E-state index < -0.39 is 30.3 Å². The molecule has 1 fully saturated rings. The number of halogens is 3. The molecular weight excluding hydrogens is 321 g/mol. The molecule has 0 amide bonds. The summed E-state index contributed by atoms with van der Waals surface area (Å²) in [6, 6.07) is 0. The van der Waals surface area contributed by atoms with Crippen LogP contribution in [0.5, 0.6) is 0 Å². The number of carbonyl (C=O) groups is 1. The second kappa shape index (κ2) is 6.54. The quantitative estimate of drug-likeness (QED) is 0.625. The van der Waals surface area contributed by atoms with Crippen molar-refractivity contribution in [2.45, 2.75) is 57.9 Å². The standard InChI is InChI=1S/C18H23F3O3/c1-10(2)13-6-5-12(4)17(23)8-15(11(3)7-14(13)17)24-16(22)9-18(19,20)21/h7,12-15,23H,1,5-6,9H2,2-4H3/t12-,13+,14+,15-,17-/m1/s1. The average molecular weight is 344 g/mol. The SMILES string of the molecule is C=C(C)[C@@H]1CC[C@@H](C)[C@]2(O)[C][C@@H](OC(=O)CC(F)(F)F)C(C)=C[C@@H]12. The number of esters is 1. The number of alkyl halides is 3. The van der Waals surface area contributed by atoms with Crippen molar-refractivity contribution < 1.29 is 27.8 Å². The summed E-state index contributed by atoms with van der Waals surface area (Å²) in [4.78, 5) is 11.5. The van der Waals surface area contributed by atoms with E-state index in [0.29, 0.717) is 5.57 Å². The van der Waals surface area contributed by atoms with Gasteiger partial charge in [-0.1, -0.05) is 25.2 Å². The molecule has 0 bridgehead atoms. The van der Waals surface area contributed by atoms with Crippen LogP contribution in [-0.2, 0) is 9.53 Å². The van der Waals surface area contributed by atoms with Crippen molar-refractivity contribution in [3.05, 3.63) is 30.2 Å². The lowest BCUT2D eigenvalue weighted by molar-refractivity contribution is -0.175. The van der Waals surface area contributed by atoms with E-state index in [1.165, 1.54) is 0 Å². The molecule has 0 spiro atoms. The van der Waals surface area contributed by atoms with Gasteiger partial charge in [-0.05, 0) is 44.1 Å².